The van der Waals surface area contributed by atoms with Crippen molar-refractivity contribution in [1.82, 2.24) is 0 Å². The SMILES string of the molecule is CCCCCCCCC(CCCCC1OC1CC)C(OC(C)CC)(OC(C)CC)OC(C)CC. The van der Waals surface area contributed by atoms with Gasteiger partial charge in [-0.3, -0.25) is 0 Å². The van der Waals surface area contributed by atoms with E-state index >= 15 is 0 Å². The molecule has 0 aromatic carbocycles. The van der Waals surface area contributed by atoms with Gasteiger partial charge in [0.15, 0.2) is 0 Å². The van der Waals surface area contributed by atoms with Crippen LogP contribution in [0.3, 0.4) is 0 Å². The average molecular weight is 485 g/mol. The van der Waals surface area contributed by atoms with Crippen LogP contribution >= 0.6 is 0 Å². The molecule has 0 spiro atoms. The Labute approximate surface area is 213 Å². The van der Waals surface area contributed by atoms with Gasteiger partial charge in [0, 0.05) is 5.92 Å². The first-order valence-electron chi connectivity index (χ1n) is 15.0. The van der Waals surface area contributed by atoms with Crippen LogP contribution in [0.2, 0.25) is 0 Å². The molecule has 4 heteroatoms. The van der Waals surface area contributed by atoms with Crippen LogP contribution in [0, 0.1) is 5.92 Å². The molecule has 0 amide bonds. The third kappa shape index (κ3) is 12.2. The Balaban J connectivity index is 2.97. The molecule has 1 saturated heterocycles. The maximum Gasteiger partial charge on any atom is 0.286 e. The van der Waals surface area contributed by atoms with Crippen LogP contribution in [0.4, 0.5) is 0 Å². The average Bonchev–Trinajstić information content (AvgIpc) is 3.60. The molecule has 0 radical (unpaired) electrons. The molecule has 1 heterocycles. The normalized spacial score (nSPS) is 23.3. The molecule has 6 unspecified atom stereocenters. The zero-order chi connectivity index (χ0) is 25.4. The molecular weight excluding hydrogens is 424 g/mol. The zero-order valence-electron chi connectivity index (χ0n) is 24.2. The number of rotatable bonds is 23. The van der Waals surface area contributed by atoms with E-state index in [1.54, 1.807) is 0 Å². The highest BCUT2D eigenvalue weighted by Crippen LogP contribution is 2.39. The summed E-state index contributed by atoms with van der Waals surface area (Å²) in [4.78, 5) is 0. The number of ether oxygens (including phenoxy) is 4. The van der Waals surface area contributed by atoms with E-state index in [0.717, 1.165) is 38.5 Å². The van der Waals surface area contributed by atoms with Crippen molar-refractivity contribution in [2.24, 2.45) is 5.92 Å². The van der Waals surface area contributed by atoms with E-state index in [2.05, 4.69) is 55.4 Å². The monoisotopic (exact) mass is 484 g/mol. The molecule has 0 aromatic heterocycles. The van der Waals surface area contributed by atoms with Crippen LogP contribution in [0.5, 0.6) is 0 Å². The number of unbranched alkanes of at least 4 members (excludes halogenated alkanes) is 6. The molecule has 1 rings (SSSR count). The van der Waals surface area contributed by atoms with Crippen molar-refractivity contribution in [2.45, 2.75) is 188 Å². The van der Waals surface area contributed by atoms with E-state index in [4.69, 9.17) is 18.9 Å². The highest BCUT2D eigenvalue weighted by Gasteiger charge is 2.45. The van der Waals surface area contributed by atoms with Gasteiger partial charge in [-0.05, 0) is 65.7 Å². The van der Waals surface area contributed by atoms with Crippen LogP contribution in [-0.2, 0) is 18.9 Å². The lowest BCUT2D eigenvalue weighted by Crippen LogP contribution is -2.51. The third-order valence-electron chi connectivity index (χ3n) is 7.61. The topological polar surface area (TPSA) is 40.2 Å². The third-order valence-corrected chi connectivity index (χ3v) is 7.61. The quantitative estimate of drug-likeness (QED) is 0.0823. The molecule has 1 aliphatic rings. The Kier molecular flexibility index (Phi) is 17.0. The Morgan fingerprint density at radius 3 is 1.53 bits per heavy atom. The largest absolute Gasteiger partial charge is 0.370 e. The Morgan fingerprint density at radius 2 is 1.09 bits per heavy atom. The fourth-order valence-electron chi connectivity index (χ4n) is 4.66. The number of epoxide rings is 1. The lowest BCUT2D eigenvalue weighted by Gasteiger charge is -2.44. The summed E-state index contributed by atoms with van der Waals surface area (Å²) < 4.78 is 26.0. The van der Waals surface area contributed by atoms with Crippen molar-refractivity contribution in [3.05, 3.63) is 0 Å². The fourth-order valence-corrected chi connectivity index (χ4v) is 4.66. The van der Waals surface area contributed by atoms with E-state index in [1.807, 2.05) is 0 Å². The zero-order valence-corrected chi connectivity index (χ0v) is 24.2. The second-order valence-corrected chi connectivity index (χ2v) is 10.8. The van der Waals surface area contributed by atoms with Gasteiger partial charge in [0.2, 0.25) is 0 Å². The molecule has 1 fully saturated rings. The van der Waals surface area contributed by atoms with Crippen LogP contribution in [0.1, 0.15) is 152 Å². The van der Waals surface area contributed by atoms with Crippen molar-refractivity contribution >= 4 is 0 Å². The van der Waals surface area contributed by atoms with Gasteiger partial charge in [0.05, 0.1) is 30.5 Å². The molecule has 4 nitrogen and oxygen atoms in total. The van der Waals surface area contributed by atoms with Crippen molar-refractivity contribution < 1.29 is 18.9 Å². The summed E-state index contributed by atoms with van der Waals surface area (Å²) in [5, 5.41) is 0. The Bertz CT molecular complexity index is 451. The summed E-state index contributed by atoms with van der Waals surface area (Å²) in [6, 6.07) is 0. The minimum absolute atomic E-state index is 0.102. The van der Waals surface area contributed by atoms with Crippen molar-refractivity contribution in [2.75, 3.05) is 0 Å². The van der Waals surface area contributed by atoms with Crippen LogP contribution in [-0.4, -0.2) is 36.5 Å². The molecule has 0 aliphatic carbocycles. The van der Waals surface area contributed by atoms with Gasteiger partial charge in [-0.2, -0.15) is 0 Å². The van der Waals surface area contributed by atoms with E-state index in [-0.39, 0.29) is 24.2 Å². The van der Waals surface area contributed by atoms with Crippen molar-refractivity contribution in [1.29, 1.82) is 0 Å². The van der Waals surface area contributed by atoms with Crippen molar-refractivity contribution in [3.8, 4) is 0 Å². The van der Waals surface area contributed by atoms with Gasteiger partial charge in [-0.15, -0.1) is 0 Å². The van der Waals surface area contributed by atoms with Gasteiger partial charge in [0.25, 0.3) is 5.97 Å². The van der Waals surface area contributed by atoms with Gasteiger partial charge < -0.3 is 18.9 Å². The lowest BCUT2D eigenvalue weighted by molar-refractivity contribution is -0.437. The fraction of sp³-hybridized carbons (Fsp3) is 1.00. The molecular formula is C30H60O4. The van der Waals surface area contributed by atoms with Gasteiger partial charge in [0.1, 0.15) is 0 Å². The van der Waals surface area contributed by atoms with Crippen LogP contribution < -0.4 is 0 Å². The predicted molar refractivity (Wildman–Crippen MR) is 144 cm³/mol. The second-order valence-electron chi connectivity index (χ2n) is 10.8. The Morgan fingerprint density at radius 1 is 0.618 bits per heavy atom. The minimum atomic E-state index is -0.953. The standard InChI is InChI=1S/C30H60O4/c1-9-14-15-16-17-18-21-27(22-19-20-23-29-28(13-5)31-29)30(32-24(6)10-2,33-25(7)11-3)34-26(8)12-4/h24-29H,9-23H2,1-8H3. The first-order chi connectivity index (χ1) is 16.3. The highest BCUT2D eigenvalue weighted by atomic mass is 16.9. The minimum Gasteiger partial charge on any atom is -0.370 e. The van der Waals surface area contributed by atoms with Gasteiger partial charge in [-0.25, -0.2) is 0 Å². The lowest BCUT2D eigenvalue weighted by atomic mass is 9.91. The molecule has 34 heavy (non-hydrogen) atoms. The molecule has 0 aromatic rings. The van der Waals surface area contributed by atoms with E-state index < -0.39 is 5.97 Å². The summed E-state index contributed by atoms with van der Waals surface area (Å²) in [5.74, 6) is -0.705. The maximum atomic E-state index is 6.75. The van der Waals surface area contributed by atoms with Crippen molar-refractivity contribution in [3.63, 3.8) is 0 Å². The smallest absolute Gasteiger partial charge is 0.286 e. The number of hydrogen-bond acceptors (Lipinski definition) is 4. The Hall–Kier alpha value is -0.160. The van der Waals surface area contributed by atoms with Crippen LogP contribution in [0.15, 0.2) is 0 Å². The van der Waals surface area contributed by atoms with E-state index in [0.29, 0.717) is 12.2 Å². The van der Waals surface area contributed by atoms with Crippen LogP contribution in [0.25, 0.3) is 0 Å². The van der Waals surface area contributed by atoms with E-state index in [1.165, 1.54) is 57.8 Å². The van der Waals surface area contributed by atoms with Gasteiger partial charge in [-0.1, -0.05) is 86.0 Å². The predicted octanol–water partition coefficient (Wildman–Crippen LogP) is 9.19. The molecule has 0 saturated carbocycles. The van der Waals surface area contributed by atoms with E-state index in [9.17, 15) is 0 Å². The number of hydrogen-bond donors (Lipinski definition) is 0. The summed E-state index contributed by atoms with van der Waals surface area (Å²) in [5.41, 5.74) is 0. The molecule has 0 bridgehead atoms. The summed E-state index contributed by atoms with van der Waals surface area (Å²) in [6.45, 7) is 17.5. The first kappa shape index (κ1) is 31.9. The summed E-state index contributed by atoms with van der Waals surface area (Å²) >= 11 is 0. The summed E-state index contributed by atoms with van der Waals surface area (Å²) in [6.07, 6.45) is 18.9. The highest BCUT2D eigenvalue weighted by molar-refractivity contribution is 4.83. The first-order valence-corrected chi connectivity index (χ1v) is 15.0. The molecule has 1 aliphatic heterocycles. The molecule has 204 valence electrons. The molecule has 6 atom stereocenters. The maximum absolute atomic E-state index is 6.75. The second kappa shape index (κ2) is 18.1. The molecule has 0 N–H and O–H groups in total. The summed E-state index contributed by atoms with van der Waals surface area (Å²) in [7, 11) is 0. The van der Waals surface area contributed by atoms with Gasteiger partial charge >= 0.3 is 0 Å².